The molecule has 0 radical (unpaired) electrons. The Bertz CT molecular complexity index is 265. The standard InChI is InChI=1S/C8H11ClN2O/c1-5(10)8(12)6-2-7(9)4-11-3-6/h2-5,8,12H,10H2,1H3. The molecule has 1 aromatic rings. The van der Waals surface area contributed by atoms with Crippen LogP contribution in [0.25, 0.3) is 0 Å². The molecule has 1 heterocycles. The summed E-state index contributed by atoms with van der Waals surface area (Å²) in [6, 6.07) is 1.34. The first-order valence-electron chi connectivity index (χ1n) is 3.65. The second-order valence-corrected chi connectivity index (χ2v) is 3.18. The zero-order valence-electron chi connectivity index (χ0n) is 6.74. The van der Waals surface area contributed by atoms with Gasteiger partial charge in [-0.15, -0.1) is 0 Å². The van der Waals surface area contributed by atoms with Crippen molar-refractivity contribution in [2.24, 2.45) is 5.73 Å². The van der Waals surface area contributed by atoms with Crippen LogP contribution in [0.3, 0.4) is 0 Å². The molecule has 0 aliphatic heterocycles. The summed E-state index contributed by atoms with van der Waals surface area (Å²) in [6.45, 7) is 1.73. The first-order chi connectivity index (χ1) is 5.61. The van der Waals surface area contributed by atoms with Gasteiger partial charge in [0.2, 0.25) is 0 Å². The Kier molecular flexibility index (Phi) is 3.03. The zero-order chi connectivity index (χ0) is 9.14. The summed E-state index contributed by atoms with van der Waals surface area (Å²) >= 11 is 5.68. The number of aliphatic hydroxyl groups excluding tert-OH is 1. The molecule has 0 aromatic carbocycles. The fraction of sp³-hybridized carbons (Fsp3) is 0.375. The van der Waals surface area contributed by atoms with E-state index in [1.54, 1.807) is 19.2 Å². The molecule has 0 saturated heterocycles. The van der Waals surface area contributed by atoms with Gasteiger partial charge in [-0.05, 0) is 13.0 Å². The number of nitrogens with two attached hydrogens (primary N) is 1. The van der Waals surface area contributed by atoms with E-state index >= 15 is 0 Å². The maximum Gasteiger partial charge on any atom is 0.0953 e. The summed E-state index contributed by atoms with van der Waals surface area (Å²) < 4.78 is 0. The summed E-state index contributed by atoms with van der Waals surface area (Å²) in [4.78, 5) is 3.84. The second-order valence-electron chi connectivity index (χ2n) is 2.74. The lowest BCUT2D eigenvalue weighted by atomic mass is 10.1. The number of rotatable bonds is 2. The largest absolute Gasteiger partial charge is 0.387 e. The van der Waals surface area contributed by atoms with Crippen LogP contribution in [0, 0.1) is 0 Å². The predicted octanol–water partition coefficient (Wildman–Crippen LogP) is 1.12. The van der Waals surface area contributed by atoms with E-state index in [9.17, 15) is 5.11 Å². The summed E-state index contributed by atoms with van der Waals surface area (Å²) in [5.41, 5.74) is 6.15. The molecule has 0 fully saturated rings. The Balaban J connectivity index is 2.88. The van der Waals surface area contributed by atoms with E-state index < -0.39 is 6.10 Å². The summed E-state index contributed by atoms with van der Waals surface area (Å²) in [7, 11) is 0. The monoisotopic (exact) mass is 186 g/mol. The van der Waals surface area contributed by atoms with Crippen molar-refractivity contribution in [1.29, 1.82) is 0 Å². The number of hydrogen-bond acceptors (Lipinski definition) is 3. The average molecular weight is 187 g/mol. The number of pyridine rings is 1. The third-order valence-electron chi connectivity index (χ3n) is 1.57. The van der Waals surface area contributed by atoms with Crippen molar-refractivity contribution in [1.82, 2.24) is 4.98 Å². The van der Waals surface area contributed by atoms with Gasteiger partial charge in [-0.3, -0.25) is 4.98 Å². The van der Waals surface area contributed by atoms with Crippen LogP contribution in [-0.2, 0) is 0 Å². The van der Waals surface area contributed by atoms with Crippen molar-refractivity contribution in [3.8, 4) is 0 Å². The van der Waals surface area contributed by atoms with Crippen molar-refractivity contribution in [3.05, 3.63) is 29.0 Å². The summed E-state index contributed by atoms with van der Waals surface area (Å²) in [6.07, 6.45) is 2.37. The lowest BCUT2D eigenvalue weighted by Crippen LogP contribution is -2.24. The third-order valence-corrected chi connectivity index (χ3v) is 1.77. The Morgan fingerprint density at radius 1 is 1.58 bits per heavy atom. The van der Waals surface area contributed by atoms with Gasteiger partial charge in [-0.25, -0.2) is 0 Å². The zero-order valence-corrected chi connectivity index (χ0v) is 7.49. The number of aromatic nitrogens is 1. The Morgan fingerprint density at radius 2 is 2.25 bits per heavy atom. The SMILES string of the molecule is CC(N)C(O)c1cncc(Cl)c1. The molecule has 1 rings (SSSR count). The molecular weight excluding hydrogens is 176 g/mol. The molecule has 0 spiro atoms. The molecule has 4 heteroatoms. The van der Waals surface area contributed by atoms with Crippen molar-refractivity contribution < 1.29 is 5.11 Å². The van der Waals surface area contributed by atoms with Gasteiger partial charge in [0.1, 0.15) is 0 Å². The highest BCUT2D eigenvalue weighted by Gasteiger charge is 2.12. The maximum atomic E-state index is 9.50. The van der Waals surface area contributed by atoms with Gasteiger partial charge < -0.3 is 10.8 Å². The minimum Gasteiger partial charge on any atom is -0.387 e. The molecule has 0 saturated carbocycles. The van der Waals surface area contributed by atoms with Gasteiger partial charge in [0, 0.05) is 24.0 Å². The highest BCUT2D eigenvalue weighted by Crippen LogP contribution is 2.17. The fourth-order valence-corrected chi connectivity index (χ4v) is 1.08. The van der Waals surface area contributed by atoms with Crippen LogP contribution in [0.5, 0.6) is 0 Å². The highest BCUT2D eigenvalue weighted by atomic mass is 35.5. The lowest BCUT2D eigenvalue weighted by molar-refractivity contribution is 0.153. The molecule has 1 aromatic heterocycles. The van der Waals surface area contributed by atoms with Crippen molar-refractivity contribution >= 4 is 11.6 Å². The first-order valence-corrected chi connectivity index (χ1v) is 4.03. The third kappa shape index (κ3) is 2.17. The van der Waals surface area contributed by atoms with Gasteiger partial charge in [-0.2, -0.15) is 0 Å². The fourth-order valence-electron chi connectivity index (χ4n) is 0.894. The van der Waals surface area contributed by atoms with Crippen molar-refractivity contribution in [2.45, 2.75) is 19.1 Å². The van der Waals surface area contributed by atoms with Crippen LogP contribution >= 0.6 is 11.6 Å². The minimum atomic E-state index is -0.698. The van der Waals surface area contributed by atoms with Crippen molar-refractivity contribution in [3.63, 3.8) is 0 Å². The Labute approximate surface area is 76.2 Å². The van der Waals surface area contributed by atoms with E-state index in [0.717, 1.165) is 0 Å². The van der Waals surface area contributed by atoms with Gasteiger partial charge in [-0.1, -0.05) is 11.6 Å². The highest BCUT2D eigenvalue weighted by molar-refractivity contribution is 6.30. The number of halogens is 1. The summed E-state index contributed by atoms with van der Waals surface area (Å²) in [5, 5.41) is 10.0. The van der Waals surface area contributed by atoms with Gasteiger partial charge >= 0.3 is 0 Å². The normalized spacial score (nSPS) is 15.7. The maximum absolute atomic E-state index is 9.50. The molecule has 2 atom stereocenters. The van der Waals surface area contributed by atoms with E-state index in [1.165, 1.54) is 6.20 Å². The van der Waals surface area contributed by atoms with Crippen LogP contribution in [0.4, 0.5) is 0 Å². The predicted molar refractivity (Wildman–Crippen MR) is 47.9 cm³/mol. The van der Waals surface area contributed by atoms with Crippen LogP contribution < -0.4 is 5.73 Å². The van der Waals surface area contributed by atoms with Crippen LogP contribution in [-0.4, -0.2) is 16.1 Å². The van der Waals surface area contributed by atoms with E-state index in [2.05, 4.69) is 4.98 Å². The number of aliphatic hydroxyl groups is 1. The molecule has 0 aliphatic carbocycles. The quantitative estimate of drug-likeness (QED) is 0.728. The molecule has 0 bridgehead atoms. The molecular formula is C8H11ClN2O. The number of nitrogens with zero attached hydrogens (tertiary/aromatic N) is 1. The van der Waals surface area contributed by atoms with E-state index in [4.69, 9.17) is 17.3 Å². The van der Waals surface area contributed by atoms with E-state index in [1.807, 2.05) is 0 Å². The minimum absolute atomic E-state index is 0.315. The topological polar surface area (TPSA) is 59.1 Å². The van der Waals surface area contributed by atoms with Gasteiger partial charge in [0.25, 0.3) is 0 Å². The van der Waals surface area contributed by atoms with Crippen LogP contribution in [0.2, 0.25) is 5.02 Å². The van der Waals surface area contributed by atoms with E-state index in [-0.39, 0.29) is 6.04 Å². The molecule has 0 aliphatic rings. The van der Waals surface area contributed by atoms with E-state index in [0.29, 0.717) is 10.6 Å². The lowest BCUT2D eigenvalue weighted by Gasteiger charge is -2.13. The molecule has 3 nitrogen and oxygen atoms in total. The van der Waals surface area contributed by atoms with Gasteiger partial charge in [0.15, 0.2) is 0 Å². The first kappa shape index (κ1) is 9.45. The van der Waals surface area contributed by atoms with Gasteiger partial charge in [0.05, 0.1) is 11.1 Å². The second kappa shape index (κ2) is 3.85. The smallest absolute Gasteiger partial charge is 0.0953 e. The molecule has 12 heavy (non-hydrogen) atoms. The molecule has 66 valence electrons. The Morgan fingerprint density at radius 3 is 2.75 bits per heavy atom. The molecule has 3 N–H and O–H groups in total. The van der Waals surface area contributed by atoms with Crippen LogP contribution in [0.1, 0.15) is 18.6 Å². The summed E-state index contributed by atoms with van der Waals surface area (Å²) in [5.74, 6) is 0. The molecule has 2 unspecified atom stereocenters. The number of hydrogen-bond donors (Lipinski definition) is 2. The van der Waals surface area contributed by atoms with Crippen molar-refractivity contribution in [2.75, 3.05) is 0 Å². The average Bonchev–Trinajstić information content (AvgIpc) is 2.03. The van der Waals surface area contributed by atoms with Crippen LogP contribution in [0.15, 0.2) is 18.5 Å². The Hall–Kier alpha value is -0.640. The molecule has 0 amide bonds.